The number of hydrogen-bond acceptors (Lipinski definition) is 7. The van der Waals surface area contributed by atoms with Crippen molar-refractivity contribution in [2.75, 3.05) is 34.5 Å². The summed E-state index contributed by atoms with van der Waals surface area (Å²) in [6.45, 7) is 10.1. The number of carbonyl (C=O) groups excluding carboxylic acids is 3. The smallest absolute Gasteiger partial charge is 0.407 e. The lowest BCUT2D eigenvalue weighted by atomic mass is 9.85. The molecule has 2 amide bonds. The van der Waals surface area contributed by atoms with E-state index in [4.69, 9.17) is 18.9 Å². The summed E-state index contributed by atoms with van der Waals surface area (Å²) in [5.41, 5.74) is -0.0213. The van der Waals surface area contributed by atoms with Gasteiger partial charge in [-0.05, 0) is 58.2 Å². The zero-order valence-electron chi connectivity index (χ0n) is 26.0. The SMILES string of the molecule is COC(=O)[C@@H]1C[C@]2(OC)CN1C(=O)[C@H](C(C)(C)C)NC(=O)OCCC(C)(C)C/C=C/c1cc3cc2ccc3cc1OC. The second kappa shape index (κ2) is 12.0. The van der Waals surface area contributed by atoms with E-state index in [-0.39, 0.29) is 25.0 Å². The molecule has 2 aliphatic rings. The molecule has 0 aliphatic carbocycles. The van der Waals surface area contributed by atoms with Crippen LogP contribution >= 0.6 is 0 Å². The first-order valence-corrected chi connectivity index (χ1v) is 14.4. The van der Waals surface area contributed by atoms with Gasteiger partial charge in [-0.1, -0.05) is 58.9 Å². The number of hydrogen-bond donors (Lipinski definition) is 1. The minimum absolute atomic E-state index is 0.105. The normalized spacial score (nSPS) is 25.8. The van der Waals surface area contributed by atoms with Gasteiger partial charge in [-0.3, -0.25) is 4.79 Å². The first-order chi connectivity index (χ1) is 19.7. The average Bonchev–Trinajstić information content (AvgIpc) is 3.34. The molecule has 0 spiro atoms. The summed E-state index contributed by atoms with van der Waals surface area (Å²) in [6.07, 6.45) is 5.08. The van der Waals surface area contributed by atoms with Crippen molar-refractivity contribution in [1.82, 2.24) is 10.2 Å². The summed E-state index contributed by atoms with van der Waals surface area (Å²) in [6, 6.07) is 8.25. The summed E-state index contributed by atoms with van der Waals surface area (Å²) in [4.78, 5) is 41.7. The number of methoxy groups -OCH3 is 3. The molecule has 2 heterocycles. The molecule has 1 saturated heterocycles. The van der Waals surface area contributed by atoms with Crippen LogP contribution in [0.15, 0.2) is 36.4 Å². The van der Waals surface area contributed by atoms with Crippen LogP contribution in [0.3, 0.4) is 0 Å². The zero-order valence-corrected chi connectivity index (χ0v) is 26.0. The van der Waals surface area contributed by atoms with E-state index in [9.17, 15) is 14.4 Å². The monoisotopic (exact) mass is 580 g/mol. The van der Waals surface area contributed by atoms with Gasteiger partial charge in [0.1, 0.15) is 23.4 Å². The topological polar surface area (TPSA) is 103 Å². The number of carbonyl (C=O) groups is 3. The van der Waals surface area contributed by atoms with Crippen molar-refractivity contribution < 1.29 is 33.3 Å². The third-order valence-corrected chi connectivity index (χ3v) is 8.54. The number of amides is 2. The van der Waals surface area contributed by atoms with E-state index in [1.807, 2.05) is 45.0 Å². The van der Waals surface area contributed by atoms with E-state index in [1.165, 1.54) is 12.0 Å². The van der Waals surface area contributed by atoms with Gasteiger partial charge in [0.15, 0.2) is 0 Å². The van der Waals surface area contributed by atoms with Crippen LogP contribution in [-0.4, -0.2) is 69.4 Å². The van der Waals surface area contributed by atoms with E-state index in [2.05, 4.69) is 37.4 Å². The van der Waals surface area contributed by atoms with Crippen molar-refractivity contribution in [3.05, 3.63) is 47.5 Å². The van der Waals surface area contributed by atoms with Crippen LogP contribution in [0.2, 0.25) is 0 Å². The molecule has 2 aromatic rings. The zero-order chi connectivity index (χ0) is 30.9. The summed E-state index contributed by atoms with van der Waals surface area (Å²) >= 11 is 0. The number of nitrogens with zero attached hydrogens (tertiary/aromatic N) is 1. The maximum Gasteiger partial charge on any atom is 0.407 e. The Bertz CT molecular complexity index is 1380. The molecule has 1 N–H and O–H groups in total. The van der Waals surface area contributed by atoms with Crippen molar-refractivity contribution >= 4 is 34.8 Å². The molecule has 0 saturated carbocycles. The number of cyclic esters (lactones) is 1. The molecule has 1 fully saturated rings. The van der Waals surface area contributed by atoms with Crippen LogP contribution < -0.4 is 10.1 Å². The number of benzene rings is 2. The first-order valence-electron chi connectivity index (χ1n) is 14.4. The molecular weight excluding hydrogens is 536 g/mol. The van der Waals surface area contributed by atoms with Gasteiger partial charge in [-0.15, -0.1) is 0 Å². The lowest BCUT2D eigenvalue weighted by Gasteiger charge is -2.35. The molecular formula is C33H44N2O7. The molecule has 9 heteroatoms. The second-order valence-electron chi connectivity index (χ2n) is 13.2. The second-order valence-corrected chi connectivity index (χ2v) is 13.2. The van der Waals surface area contributed by atoms with Gasteiger partial charge in [0.2, 0.25) is 5.91 Å². The van der Waals surface area contributed by atoms with Gasteiger partial charge < -0.3 is 29.2 Å². The molecule has 5 bridgehead atoms. The van der Waals surface area contributed by atoms with Gasteiger partial charge in [0.05, 0.1) is 27.4 Å². The highest BCUT2D eigenvalue weighted by atomic mass is 16.5. The van der Waals surface area contributed by atoms with Gasteiger partial charge >= 0.3 is 12.1 Å². The first kappa shape index (κ1) is 31.3. The Morgan fingerprint density at radius 2 is 1.81 bits per heavy atom. The summed E-state index contributed by atoms with van der Waals surface area (Å²) in [5, 5.41) is 4.76. The average molecular weight is 581 g/mol. The highest BCUT2D eigenvalue weighted by Crippen LogP contribution is 2.42. The van der Waals surface area contributed by atoms with Crippen LogP contribution in [0.5, 0.6) is 5.75 Å². The van der Waals surface area contributed by atoms with Crippen LogP contribution in [0, 0.1) is 10.8 Å². The lowest BCUT2D eigenvalue weighted by Crippen LogP contribution is -2.57. The Kier molecular flexibility index (Phi) is 8.92. The Morgan fingerprint density at radius 3 is 2.45 bits per heavy atom. The summed E-state index contributed by atoms with van der Waals surface area (Å²) in [7, 11) is 4.55. The van der Waals surface area contributed by atoms with Crippen LogP contribution in [-0.2, 0) is 29.4 Å². The number of allylic oxidation sites excluding steroid dienone is 1. The van der Waals surface area contributed by atoms with Gasteiger partial charge in [0.25, 0.3) is 0 Å². The van der Waals surface area contributed by atoms with Crippen molar-refractivity contribution in [3.63, 3.8) is 0 Å². The fraction of sp³-hybridized carbons (Fsp3) is 0.545. The maximum absolute atomic E-state index is 14.2. The molecule has 4 rings (SSSR count). The number of ether oxygens (including phenoxy) is 4. The van der Waals surface area contributed by atoms with Crippen LogP contribution in [0.1, 0.15) is 65.0 Å². The third kappa shape index (κ3) is 6.41. The fourth-order valence-corrected chi connectivity index (χ4v) is 5.81. The standard InChI is InChI=1S/C33H44N2O7/c1-31(2,3)27-28(36)35-20-33(41-8,19-25(35)29(37)40-7)24-12-11-21-18-26(39-6)22(16-23(21)17-24)10-9-13-32(4,5)14-15-42-30(38)34-27/h9-12,16-18,25,27H,13-15,19-20H2,1-8H3,(H,34,38)/b10-9+/t25-,27+,33-/m0/s1. The Labute approximate surface area is 248 Å². The Morgan fingerprint density at radius 1 is 1.07 bits per heavy atom. The van der Waals surface area contributed by atoms with Crippen molar-refractivity contribution in [3.8, 4) is 5.75 Å². The molecule has 228 valence electrons. The molecule has 2 aromatic carbocycles. The molecule has 0 aromatic heterocycles. The fourth-order valence-electron chi connectivity index (χ4n) is 5.81. The van der Waals surface area contributed by atoms with E-state index in [0.29, 0.717) is 6.42 Å². The van der Waals surface area contributed by atoms with Gasteiger partial charge in [-0.2, -0.15) is 0 Å². The Balaban J connectivity index is 1.87. The predicted molar refractivity (Wildman–Crippen MR) is 161 cm³/mol. The van der Waals surface area contributed by atoms with E-state index in [0.717, 1.165) is 34.1 Å². The highest BCUT2D eigenvalue weighted by Gasteiger charge is 2.53. The maximum atomic E-state index is 14.2. The van der Waals surface area contributed by atoms with Gasteiger partial charge in [0, 0.05) is 19.1 Å². The number of fused-ring (bicyclic) bond motifs is 5. The predicted octanol–water partition coefficient (Wildman–Crippen LogP) is 5.44. The molecule has 2 aliphatic heterocycles. The molecule has 9 nitrogen and oxygen atoms in total. The molecule has 0 radical (unpaired) electrons. The van der Waals surface area contributed by atoms with E-state index < -0.39 is 41.1 Å². The number of esters is 1. The van der Waals surface area contributed by atoms with Crippen molar-refractivity contribution in [1.29, 1.82) is 0 Å². The minimum atomic E-state index is -0.978. The quantitative estimate of drug-likeness (QED) is 0.483. The molecule has 0 unspecified atom stereocenters. The molecule has 3 atom stereocenters. The van der Waals surface area contributed by atoms with E-state index >= 15 is 0 Å². The van der Waals surface area contributed by atoms with Gasteiger partial charge in [-0.25, -0.2) is 9.59 Å². The van der Waals surface area contributed by atoms with Crippen LogP contribution in [0.25, 0.3) is 16.8 Å². The highest BCUT2D eigenvalue weighted by molar-refractivity contribution is 5.92. The summed E-state index contributed by atoms with van der Waals surface area (Å²) < 4.78 is 22.5. The third-order valence-electron chi connectivity index (χ3n) is 8.54. The lowest BCUT2D eigenvalue weighted by molar-refractivity contribution is -0.152. The summed E-state index contributed by atoms with van der Waals surface area (Å²) in [5.74, 6) is -0.183. The number of rotatable bonds is 3. The molecule has 42 heavy (non-hydrogen) atoms. The largest absolute Gasteiger partial charge is 0.496 e. The van der Waals surface area contributed by atoms with Crippen molar-refractivity contribution in [2.24, 2.45) is 10.8 Å². The van der Waals surface area contributed by atoms with E-state index in [1.54, 1.807) is 14.2 Å². The van der Waals surface area contributed by atoms with Crippen LogP contribution in [0.4, 0.5) is 4.79 Å². The Hall–Kier alpha value is -3.59. The van der Waals surface area contributed by atoms with Crippen molar-refractivity contribution in [2.45, 2.75) is 71.6 Å². The number of nitrogens with one attached hydrogen (secondary N) is 1. The minimum Gasteiger partial charge on any atom is -0.496 e. The number of alkyl carbamates (subject to hydrolysis) is 1.